The van der Waals surface area contributed by atoms with Crippen LogP contribution in [0.2, 0.25) is 0 Å². The molecule has 1 spiro atoms. The Balaban J connectivity index is 1.40. The molecule has 5 nitrogen and oxygen atoms in total. The van der Waals surface area contributed by atoms with Gasteiger partial charge in [0.2, 0.25) is 0 Å². The van der Waals surface area contributed by atoms with Crippen LogP contribution >= 0.6 is 0 Å². The molecule has 1 N–H and O–H groups in total. The number of hydrogen-bond donors (Lipinski definition) is 1. The first kappa shape index (κ1) is 18.8. The first-order valence-electron chi connectivity index (χ1n) is 8.93. The minimum Gasteiger partial charge on any atom is -0.406 e. The summed E-state index contributed by atoms with van der Waals surface area (Å²) < 4.78 is 46.7. The van der Waals surface area contributed by atoms with E-state index in [1.165, 1.54) is 12.1 Å². The zero-order chi connectivity index (χ0) is 19.8. The third-order valence-corrected chi connectivity index (χ3v) is 4.98. The molecule has 2 aliphatic heterocycles. The fraction of sp³-hybridized carbons (Fsp3) is 0.350. The first-order chi connectivity index (χ1) is 13.3. The molecule has 1 saturated heterocycles. The Morgan fingerprint density at radius 3 is 2.64 bits per heavy atom. The van der Waals surface area contributed by atoms with Crippen molar-refractivity contribution >= 4 is 5.91 Å². The van der Waals surface area contributed by atoms with Gasteiger partial charge in [-0.15, -0.1) is 13.2 Å². The summed E-state index contributed by atoms with van der Waals surface area (Å²) in [6.07, 6.45) is -4.06. The molecular weight excluding hydrogens is 373 g/mol. The Kier molecular flexibility index (Phi) is 4.76. The van der Waals surface area contributed by atoms with Gasteiger partial charge in [0.05, 0.1) is 6.61 Å². The van der Waals surface area contributed by atoms with Gasteiger partial charge in [0.25, 0.3) is 5.91 Å². The Hall–Kier alpha value is -2.58. The second kappa shape index (κ2) is 7.10. The molecular formula is C20H19F3N2O3. The summed E-state index contributed by atoms with van der Waals surface area (Å²) in [7, 11) is 0. The molecule has 148 valence electrons. The van der Waals surface area contributed by atoms with Gasteiger partial charge in [0.15, 0.2) is 5.72 Å². The van der Waals surface area contributed by atoms with Crippen LogP contribution < -0.4 is 10.1 Å². The van der Waals surface area contributed by atoms with Crippen LogP contribution in [-0.2, 0) is 17.9 Å². The van der Waals surface area contributed by atoms with E-state index in [2.05, 4.69) is 15.0 Å². The zero-order valence-corrected chi connectivity index (χ0v) is 15.0. The van der Waals surface area contributed by atoms with Gasteiger partial charge in [-0.05, 0) is 29.3 Å². The summed E-state index contributed by atoms with van der Waals surface area (Å²) >= 11 is 0. The first-order valence-corrected chi connectivity index (χ1v) is 8.93. The van der Waals surface area contributed by atoms with E-state index in [1.54, 1.807) is 18.2 Å². The van der Waals surface area contributed by atoms with Crippen molar-refractivity contribution in [3.8, 4) is 5.75 Å². The Morgan fingerprint density at radius 2 is 1.89 bits per heavy atom. The maximum atomic E-state index is 12.6. The van der Waals surface area contributed by atoms with Crippen LogP contribution in [0, 0.1) is 0 Å². The summed E-state index contributed by atoms with van der Waals surface area (Å²) in [4.78, 5) is 14.7. The van der Waals surface area contributed by atoms with Gasteiger partial charge < -0.3 is 14.8 Å². The molecule has 1 amide bonds. The van der Waals surface area contributed by atoms with Gasteiger partial charge in [-0.3, -0.25) is 9.69 Å². The molecule has 0 bridgehead atoms. The van der Waals surface area contributed by atoms with Crippen molar-refractivity contribution in [1.82, 2.24) is 10.2 Å². The molecule has 2 heterocycles. The molecule has 2 aliphatic rings. The molecule has 8 heteroatoms. The normalized spacial score (nSPS) is 22.6. The molecule has 0 aromatic heterocycles. The van der Waals surface area contributed by atoms with Crippen LogP contribution in [0.5, 0.6) is 5.75 Å². The second-order valence-corrected chi connectivity index (χ2v) is 7.05. The number of fused-ring (bicyclic) bond motifs is 1. The summed E-state index contributed by atoms with van der Waals surface area (Å²) in [5.41, 5.74) is 1.58. The molecule has 0 aliphatic carbocycles. The Bertz CT molecular complexity index is 870. The smallest absolute Gasteiger partial charge is 0.406 e. The molecule has 1 atom stereocenters. The summed E-state index contributed by atoms with van der Waals surface area (Å²) in [6, 6.07) is 13.2. The highest BCUT2D eigenvalue weighted by molar-refractivity contribution is 5.96. The Labute approximate surface area is 160 Å². The Morgan fingerprint density at radius 1 is 1.14 bits per heavy atom. The van der Waals surface area contributed by atoms with Gasteiger partial charge in [-0.1, -0.05) is 30.3 Å². The third-order valence-electron chi connectivity index (χ3n) is 4.98. The van der Waals surface area contributed by atoms with Crippen molar-refractivity contribution in [2.45, 2.75) is 31.7 Å². The van der Waals surface area contributed by atoms with E-state index in [-0.39, 0.29) is 11.7 Å². The van der Waals surface area contributed by atoms with Crippen molar-refractivity contribution < 1.29 is 27.4 Å². The van der Waals surface area contributed by atoms with E-state index < -0.39 is 12.1 Å². The van der Waals surface area contributed by atoms with E-state index in [0.29, 0.717) is 38.2 Å². The average Bonchev–Trinajstić information content (AvgIpc) is 2.96. The van der Waals surface area contributed by atoms with Crippen LogP contribution in [0.1, 0.15) is 27.9 Å². The molecule has 0 radical (unpaired) electrons. The fourth-order valence-corrected chi connectivity index (χ4v) is 3.66. The summed E-state index contributed by atoms with van der Waals surface area (Å²) in [6.45, 7) is 2.11. The lowest BCUT2D eigenvalue weighted by Gasteiger charge is -2.29. The van der Waals surface area contributed by atoms with E-state index in [0.717, 1.165) is 11.1 Å². The highest BCUT2D eigenvalue weighted by atomic mass is 19.4. The van der Waals surface area contributed by atoms with Crippen molar-refractivity contribution in [2.75, 3.05) is 13.1 Å². The van der Waals surface area contributed by atoms with Gasteiger partial charge in [-0.25, -0.2) is 0 Å². The predicted molar refractivity (Wildman–Crippen MR) is 94.4 cm³/mol. The number of amides is 1. The van der Waals surface area contributed by atoms with Crippen LogP contribution in [-0.4, -0.2) is 36.0 Å². The second-order valence-electron chi connectivity index (χ2n) is 7.05. The third kappa shape index (κ3) is 4.13. The van der Waals surface area contributed by atoms with Crippen LogP contribution in [0.15, 0.2) is 48.5 Å². The maximum absolute atomic E-state index is 12.6. The zero-order valence-electron chi connectivity index (χ0n) is 15.0. The number of carbonyl (C=O) groups excluding carboxylic acids is 1. The predicted octanol–water partition coefficient (Wildman–Crippen LogP) is 3.45. The highest BCUT2D eigenvalue weighted by Gasteiger charge is 2.42. The van der Waals surface area contributed by atoms with Crippen molar-refractivity contribution in [3.63, 3.8) is 0 Å². The van der Waals surface area contributed by atoms with E-state index in [9.17, 15) is 18.0 Å². The topological polar surface area (TPSA) is 50.8 Å². The largest absolute Gasteiger partial charge is 0.573 e. The molecule has 4 rings (SSSR count). The number of benzene rings is 2. The molecule has 28 heavy (non-hydrogen) atoms. The molecule has 0 saturated carbocycles. The number of rotatable bonds is 3. The van der Waals surface area contributed by atoms with Gasteiger partial charge in [0.1, 0.15) is 5.75 Å². The lowest BCUT2D eigenvalue weighted by molar-refractivity contribution is -0.274. The number of nitrogens with one attached hydrogen (secondary N) is 1. The SMILES string of the molecule is O=C1NC2(CCN(Cc3ccc(OC(F)(F)F)cc3)C2)OCc2ccccc21. The minimum atomic E-state index is -4.70. The quantitative estimate of drug-likeness (QED) is 0.870. The standard InChI is InChI=1S/C20H19F3N2O3/c21-20(22,23)28-16-7-5-14(6-8-16)11-25-10-9-19(13-25)24-18(26)17-4-2-1-3-15(17)12-27-19/h1-8H,9-13H2,(H,24,26). The monoisotopic (exact) mass is 392 g/mol. The van der Waals surface area contributed by atoms with Crippen LogP contribution in [0.4, 0.5) is 13.2 Å². The molecule has 2 aromatic rings. The number of alkyl halides is 3. The maximum Gasteiger partial charge on any atom is 0.573 e. The molecule has 1 unspecified atom stereocenters. The van der Waals surface area contributed by atoms with Crippen LogP contribution in [0.25, 0.3) is 0 Å². The summed E-state index contributed by atoms with van der Waals surface area (Å²) in [5, 5.41) is 3.01. The lowest BCUT2D eigenvalue weighted by Crippen LogP contribution is -2.51. The average molecular weight is 392 g/mol. The van der Waals surface area contributed by atoms with Crippen molar-refractivity contribution in [2.24, 2.45) is 0 Å². The number of likely N-dealkylation sites (tertiary alicyclic amines) is 1. The van der Waals surface area contributed by atoms with Gasteiger partial charge >= 0.3 is 6.36 Å². The minimum absolute atomic E-state index is 0.149. The number of nitrogens with zero attached hydrogens (tertiary/aromatic N) is 1. The van der Waals surface area contributed by atoms with Gasteiger partial charge in [0, 0.05) is 31.6 Å². The van der Waals surface area contributed by atoms with Crippen LogP contribution in [0.3, 0.4) is 0 Å². The number of hydrogen-bond acceptors (Lipinski definition) is 4. The number of carbonyl (C=O) groups is 1. The lowest BCUT2D eigenvalue weighted by atomic mass is 10.1. The fourth-order valence-electron chi connectivity index (χ4n) is 3.66. The highest BCUT2D eigenvalue weighted by Crippen LogP contribution is 2.30. The van der Waals surface area contributed by atoms with Gasteiger partial charge in [-0.2, -0.15) is 0 Å². The van der Waals surface area contributed by atoms with E-state index in [1.807, 2.05) is 18.2 Å². The molecule has 2 aromatic carbocycles. The molecule has 1 fully saturated rings. The number of ether oxygens (including phenoxy) is 2. The number of halogens is 3. The van der Waals surface area contributed by atoms with E-state index >= 15 is 0 Å². The summed E-state index contributed by atoms with van der Waals surface area (Å²) in [5.74, 6) is -0.394. The van der Waals surface area contributed by atoms with E-state index in [4.69, 9.17) is 4.74 Å². The van der Waals surface area contributed by atoms with Crippen molar-refractivity contribution in [1.29, 1.82) is 0 Å². The van der Waals surface area contributed by atoms with Crippen molar-refractivity contribution in [3.05, 3.63) is 65.2 Å².